The van der Waals surface area contributed by atoms with Gasteiger partial charge in [-0.25, -0.2) is 9.59 Å². The van der Waals surface area contributed by atoms with Crippen LogP contribution < -0.4 is 21.3 Å². The maximum atomic E-state index is 14.4. The Labute approximate surface area is 383 Å². The van der Waals surface area contributed by atoms with E-state index in [1.807, 2.05) is 83.8 Å². The highest BCUT2D eigenvalue weighted by Crippen LogP contribution is 2.54. The normalized spacial score (nSPS) is 19.4. The third kappa shape index (κ3) is 16.9. The second kappa shape index (κ2) is 26.0. The highest BCUT2D eigenvalue weighted by atomic mass is 16.6. The number of hydrogen-bond acceptors (Lipinski definition) is 10. The number of alkyl carbamates (subject to hydrolysis) is 1. The van der Waals surface area contributed by atoms with Crippen LogP contribution in [0.5, 0.6) is 0 Å². The van der Waals surface area contributed by atoms with Gasteiger partial charge in [0.15, 0.2) is 0 Å². The van der Waals surface area contributed by atoms with Crippen molar-refractivity contribution in [3.05, 3.63) is 35.9 Å². The molecule has 0 unspecified atom stereocenters. The summed E-state index contributed by atoms with van der Waals surface area (Å²) in [6.07, 6.45) is 2.35. The van der Waals surface area contributed by atoms with E-state index in [9.17, 15) is 33.9 Å². The number of likely N-dealkylation sites (N-methyl/N-ethyl adjacent to an activating group) is 2. The number of carbonyl (C=O) groups excluding carboxylic acids is 5. The van der Waals surface area contributed by atoms with Gasteiger partial charge in [0.1, 0.15) is 17.7 Å². The highest BCUT2D eigenvalue weighted by molar-refractivity contribution is 5.90. The molecule has 0 spiro atoms. The van der Waals surface area contributed by atoms with Gasteiger partial charge in [-0.05, 0) is 82.7 Å². The van der Waals surface area contributed by atoms with Crippen molar-refractivity contribution in [2.45, 2.75) is 156 Å². The summed E-state index contributed by atoms with van der Waals surface area (Å²) in [6, 6.07) is 6.26. The molecule has 1 aromatic carbocycles. The molecular weight excluding hydrogens is 821 g/mol. The monoisotopic (exact) mass is 903 g/mol. The Balaban J connectivity index is 2.01. The first kappa shape index (κ1) is 55.9. The number of carboxylic acid groups (broad SMARTS) is 1. The van der Waals surface area contributed by atoms with E-state index < -0.39 is 59.5 Å². The van der Waals surface area contributed by atoms with Crippen LogP contribution in [0.4, 0.5) is 4.79 Å². The average molecular weight is 903 g/mol. The molecule has 0 bridgehead atoms. The fourth-order valence-electron chi connectivity index (χ4n) is 8.71. The minimum Gasteiger partial charge on any atom is -0.480 e. The Morgan fingerprint density at radius 3 is 2.03 bits per heavy atom. The first-order valence-corrected chi connectivity index (χ1v) is 23.1. The van der Waals surface area contributed by atoms with E-state index in [4.69, 9.17) is 14.2 Å². The Morgan fingerprint density at radius 1 is 0.875 bits per heavy atom. The van der Waals surface area contributed by atoms with Crippen molar-refractivity contribution in [1.29, 1.82) is 0 Å². The zero-order valence-electron chi connectivity index (χ0n) is 41.2. The smallest absolute Gasteiger partial charge is 0.407 e. The van der Waals surface area contributed by atoms with Gasteiger partial charge in [0.25, 0.3) is 0 Å². The summed E-state index contributed by atoms with van der Waals surface area (Å²) in [6.45, 7) is 20.2. The highest BCUT2D eigenvalue weighted by Gasteiger charge is 2.60. The minimum atomic E-state index is -1.10. The average Bonchev–Trinajstić information content (AvgIpc) is 3.95. The largest absolute Gasteiger partial charge is 0.480 e. The fraction of sp³-hybridized carbons (Fsp3) is 0.750. The van der Waals surface area contributed by atoms with Gasteiger partial charge in [-0.3, -0.25) is 24.1 Å². The lowest BCUT2D eigenvalue weighted by Crippen LogP contribution is -2.60. The van der Waals surface area contributed by atoms with Crippen molar-refractivity contribution in [3.8, 4) is 0 Å². The fourth-order valence-corrected chi connectivity index (χ4v) is 8.71. The second-order valence-corrected chi connectivity index (χ2v) is 19.3. The molecule has 1 aliphatic carbocycles. The number of hydrogen-bond donors (Lipinski definition) is 5. The molecule has 16 nitrogen and oxygen atoms in total. The molecule has 9 atom stereocenters. The molecular formula is C48H82N6O10. The van der Waals surface area contributed by atoms with Crippen molar-refractivity contribution in [1.82, 2.24) is 31.1 Å². The van der Waals surface area contributed by atoms with Crippen LogP contribution >= 0.6 is 0 Å². The lowest BCUT2D eigenvalue weighted by molar-refractivity contribution is -0.144. The van der Waals surface area contributed by atoms with Crippen LogP contribution in [0.15, 0.2) is 30.3 Å². The van der Waals surface area contributed by atoms with Crippen LogP contribution in [-0.4, -0.2) is 140 Å². The van der Waals surface area contributed by atoms with Crippen LogP contribution in [0, 0.1) is 29.6 Å². The molecule has 0 aromatic heterocycles. The Bertz CT molecular complexity index is 1650. The quantitative estimate of drug-likeness (QED) is 0.0706. The summed E-state index contributed by atoms with van der Waals surface area (Å²) in [5.41, 5.74) is -0.505. The summed E-state index contributed by atoms with van der Waals surface area (Å²) in [5, 5.41) is 21.3. The second-order valence-electron chi connectivity index (χ2n) is 19.3. The van der Waals surface area contributed by atoms with Gasteiger partial charge in [0.2, 0.25) is 23.6 Å². The molecule has 64 heavy (non-hydrogen) atoms. The summed E-state index contributed by atoms with van der Waals surface area (Å²) >= 11 is 0. The maximum absolute atomic E-state index is 14.4. The topological polar surface area (TPSA) is 205 Å². The number of amides is 5. The minimum absolute atomic E-state index is 0.0151. The summed E-state index contributed by atoms with van der Waals surface area (Å²) in [5.74, 6) is -3.11. The molecule has 16 heteroatoms. The van der Waals surface area contributed by atoms with Gasteiger partial charge < -0.3 is 45.5 Å². The van der Waals surface area contributed by atoms with E-state index >= 15 is 0 Å². The van der Waals surface area contributed by atoms with Gasteiger partial charge in [0.05, 0.1) is 36.1 Å². The van der Waals surface area contributed by atoms with E-state index in [2.05, 4.69) is 21.3 Å². The van der Waals surface area contributed by atoms with Crippen LogP contribution in [0.3, 0.4) is 0 Å². The van der Waals surface area contributed by atoms with Crippen molar-refractivity contribution >= 4 is 35.7 Å². The van der Waals surface area contributed by atoms with Crippen LogP contribution in [0.25, 0.3) is 0 Å². The van der Waals surface area contributed by atoms with E-state index in [1.54, 1.807) is 46.8 Å². The SMILES string of the molecule is CC[C@H](C)[C@@H]([C@@H](CC(=O)NCCC[C@@H]1C[C@@]1(OC)[C@@H](C)C(=O)N[C@@H](Cc1ccccc1)C(=O)O)OC)N(C)C(=O)[C@@H](NC(=O)[C@H](C(C)C)N(C)CCCNC(=O)OC(C)(C)C)C(C)C. The number of aliphatic carboxylic acids is 1. The Morgan fingerprint density at radius 2 is 1.50 bits per heavy atom. The lowest BCUT2D eigenvalue weighted by atomic mass is 9.89. The van der Waals surface area contributed by atoms with Crippen molar-refractivity contribution < 1.29 is 48.1 Å². The maximum Gasteiger partial charge on any atom is 0.407 e. The first-order valence-electron chi connectivity index (χ1n) is 23.1. The van der Waals surface area contributed by atoms with Gasteiger partial charge >= 0.3 is 12.1 Å². The summed E-state index contributed by atoms with van der Waals surface area (Å²) < 4.78 is 17.1. The summed E-state index contributed by atoms with van der Waals surface area (Å²) in [4.78, 5) is 82.7. The number of nitrogens with one attached hydrogen (secondary N) is 4. The molecule has 5 N–H and O–H groups in total. The third-order valence-corrected chi connectivity index (χ3v) is 12.6. The molecule has 0 heterocycles. The molecule has 1 aliphatic rings. The number of methoxy groups -OCH3 is 2. The van der Waals surface area contributed by atoms with Gasteiger partial charge in [-0.1, -0.05) is 85.2 Å². The first-order chi connectivity index (χ1) is 29.9. The molecule has 2 rings (SSSR count). The predicted octanol–water partition coefficient (Wildman–Crippen LogP) is 5.03. The zero-order chi connectivity index (χ0) is 48.5. The van der Waals surface area contributed by atoms with Crippen LogP contribution in [0.1, 0.15) is 113 Å². The molecule has 1 aromatic rings. The van der Waals surface area contributed by atoms with E-state index in [0.717, 1.165) is 5.56 Å². The van der Waals surface area contributed by atoms with Crippen molar-refractivity contribution in [3.63, 3.8) is 0 Å². The lowest BCUT2D eigenvalue weighted by Gasteiger charge is -2.40. The van der Waals surface area contributed by atoms with Crippen LogP contribution in [-0.2, 0) is 44.6 Å². The molecule has 5 amide bonds. The molecule has 0 aliphatic heterocycles. The standard InChI is InChI=1S/C48H82N6O10/c1-15-32(6)41(54(12)44(58)39(30(2)3)52-43(57)40(31(4)5)53(11)26-20-25-50-46(61)64-47(8,9)10)37(62-13)28-38(55)49-24-19-23-35-29-48(35,63-14)33(7)42(56)51-36(45(59)60)27-34-21-17-16-18-22-34/h16-18,21-22,30-33,35-37,39-41H,15,19-20,23-29H2,1-14H3,(H,49,55)(H,50,61)(H,51,56)(H,52,57)(H,59,60)/t32-,33-,35+,36-,37+,39-,40-,41-,48+/m0/s1. The molecule has 1 fully saturated rings. The Hall–Kier alpha value is -4.28. The number of benzene rings is 1. The number of ether oxygens (including phenoxy) is 3. The Kier molecular flexibility index (Phi) is 22.7. The predicted molar refractivity (Wildman–Crippen MR) is 247 cm³/mol. The van der Waals surface area contributed by atoms with Crippen molar-refractivity contribution in [2.24, 2.45) is 29.6 Å². The number of carbonyl (C=O) groups is 6. The zero-order valence-corrected chi connectivity index (χ0v) is 41.2. The number of rotatable bonds is 28. The van der Waals surface area contributed by atoms with E-state index in [0.29, 0.717) is 51.7 Å². The number of carboxylic acids is 1. The van der Waals surface area contributed by atoms with Crippen molar-refractivity contribution in [2.75, 3.05) is 47.9 Å². The molecule has 1 saturated carbocycles. The van der Waals surface area contributed by atoms with Gasteiger partial charge in [-0.15, -0.1) is 0 Å². The van der Waals surface area contributed by atoms with Gasteiger partial charge in [0, 0.05) is 47.3 Å². The third-order valence-electron chi connectivity index (χ3n) is 12.6. The van der Waals surface area contributed by atoms with E-state index in [-0.39, 0.29) is 60.1 Å². The summed E-state index contributed by atoms with van der Waals surface area (Å²) in [7, 11) is 6.67. The molecule has 0 radical (unpaired) electrons. The van der Waals surface area contributed by atoms with Crippen LogP contribution in [0.2, 0.25) is 0 Å². The molecule has 0 saturated heterocycles. The number of nitrogens with zero attached hydrogens (tertiary/aromatic N) is 2. The van der Waals surface area contributed by atoms with Gasteiger partial charge in [-0.2, -0.15) is 0 Å². The van der Waals surface area contributed by atoms with E-state index in [1.165, 1.54) is 7.11 Å². The molecule has 364 valence electrons.